The Hall–Kier alpha value is -0.380. The molecule has 5 nitrogen and oxygen atoms in total. The minimum Gasteiger partial charge on any atom is -0.377 e. The first kappa shape index (κ1) is 24.7. The number of likely N-dealkylation sites (tertiary alicyclic amines) is 1. The Labute approximate surface area is 186 Å². The molecule has 0 spiro atoms. The van der Waals surface area contributed by atoms with Crippen LogP contribution in [-0.2, 0) is 10.2 Å². The largest absolute Gasteiger partial charge is 0.377 e. The fourth-order valence-corrected chi connectivity index (χ4v) is 4.01. The third-order valence-corrected chi connectivity index (χ3v) is 6.13. The molecular formula is C20H37IN4OS. The lowest BCUT2D eigenvalue weighted by Gasteiger charge is -2.33. The van der Waals surface area contributed by atoms with Gasteiger partial charge in [-0.15, -0.1) is 35.3 Å². The van der Waals surface area contributed by atoms with E-state index in [1.165, 1.54) is 4.88 Å². The summed E-state index contributed by atoms with van der Waals surface area (Å²) < 4.78 is 5.66. The zero-order valence-electron chi connectivity index (χ0n) is 17.5. The molecule has 156 valence electrons. The molecular weight excluding hydrogens is 471 g/mol. The number of halogens is 1. The molecule has 7 heteroatoms. The van der Waals surface area contributed by atoms with E-state index in [1.54, 1.807) is 0 Å². The SMILES string of the molecule is CN=C(NCC(C)(C)c1cccs1)NC1CCN(CCOC(C)C)CC1.I. The van der Waals surface area contributed by atoms with Crippen molar-refractivity contribution in [2.75, 3.05) is 39.8 Å². The third-order valence-electron chi connectivity index (χ3n) is 4.90. The van der Waals surface area contributed by atoms with Crippen LogP contribution in [0.2, 0.25) is 0 Å². The van der Waals surface area contributed by atoms with Crippen LogP contribution < -0.4 is 10.6 Å². The number of rotatable bonds is 8. The highest BCUT2D eigenvalue weighted by atomic mass is 127. The molecule has 1 aromatic rings. The summed E-state index contributed by atoms with van der Waals surface area (Å²) in [4.78, 5) is 8.32. The van der Waals surface area contributed by atoms with E-state index in [0.29, 0.717) is 12.1 Å². The summed E-state index contributed by atoms with van der Waals surface area (Å²) in [5, 5.41) is 9.26. The Morgan fingerprint density at radius 2 is 2.07 bits per heavy atom. The smallest absolute Gasteiger partial charge is 0.191 e. The van der Waals surface area contributed by atoms with Crippen molar-refractivity contribution >= 4 is 41.3 Å². The highest BCUT2D eigenvalue weighted by Crippen LogP contribution is 2.26. The van der Waals surface area contributed by atoms with Crippen molar-refractivity contribution in [1.82, 2.24) is 15.5 Å². The molecule has 0 bridgehead atoms. The fourth-order valence-electron chi connectivity index (χ4n) is 3.16. The maximum absolute atomic E-state index is 5.66. The lowest BCUT2D eigenvalue weighted by atomic mass is 9.91. The molecule has 0 saturated carbocycles. The van der Waals surface area contributed by atoms with Crippen molar-refractivity contribution in [2.45, 2.75) is 58.1 Å². The normalized spacial score (nSPS) is 17.0. The van der Waals surface area contributed by atoms with Gasteiger partial charge in [-0.05, 0) is 38.1 Å². The zero-order valence-corrected chi connectivity index (χ0v) is 20.6. The lowest BCUT2D eigenvalue weighted by Crippen LogP contribution is -2.50. The van der Waals surface area contributed by atoms with Crippen molar-refractivity contribution in [3.63, 3.8) is 0 Å². The Kier molecular flexibility index (Phi) is 11.2. The first-order valence-electron chi connectivity index (χ1n) is 9.76. The van der Waals surface area contributed by atoms with E-state index in [-0.39, 0.29) is 29.4 Å². The number of nitrogens with zero attached hydrogens (tertiary/aromatic N) is 2. The molecule has 0 amide bonds. The standard InChI is InChI=1S/C20H36N4OS.HI/c1-16(2)25-13-12-24-10-8-17(9-11-24)23-19(21-5)22-15-20(3,4)18-7-6-14-26-18;/h6-7,14,16-17H,8-13,15H2,1-5H3,(H2,21,22,23);1H. The molecule has 2 rings (SSSR count). The second-order valence-electron chi connectivity index (χ2n) is 7.97. The Balaban J connectivity index is 0.00000364. The van der Waals surface area contributed by atoms with Gasteiger partial charge >= 0.3 is 0 Å². The maximum Gasteiger partial charge on any atom is 0.191 e. The molecule has 1 aromatic heterocycles. The topological polar surface area (TPSA) is 48.9 Å². The highest BCUT2D eigenvalue weighted by molar-refractivity contribution is 14.0. The van der Waals surface area contributed by atoms with Crippen LogP contribution in [0.3, 0.4) is 0 Å². The second-order valence-corrected chi connectivity index (χ2v) is 8.91. The van der Waals surface area contributed by atoms with Crippen LogP contribution in [0.1, 0.15) is 45.4 Å². The van der Waals surface area contributed by atoms with E-state index in [0.717, 1.165) is 51.6 Å². The van der Waals surface area contributed by atoms with Crippen molar-refractivity contribution in [3.8, 4) is 0 Å². The van der Waals surface area contributed by atoms with Gasteiger partial charge in [0.2, 0.25) is 0 Å². The molecule has 0 radical (unpaired) electrons. The average molecular weight is 509 g/mol. The maximum atomic E-state index is 5.66. The molecule has 1 aliphatic rings. The molecule has 0 atom stereocenters. The van der Waals surface area contributed by atoms with E-state index >= 15 is 0 Å². The van der Waals surface area contributed by atoms with E-state index in [4.69, 9.17) is 4.74 Å². The van der Waals surface area contributed by atoms with Gasteiger partial charge in [-0.1, -0.05) is 19.9 Å². The zero-order chi connectivity index (χ0) is 19.0. The summed E-state index contributed by atoms with van der Waals surface area (Å²) in [5.74, 6) is 0.913. The first-order valence-corrected chi connectivity index (χ1v) is 10.6. The predicted octanol–water partition coefficient (Wildman–Crippen LogP) is 3.70. The summed E-state index contributed by atoms with van der Waals surface area (Å²) in [6.07, 6.45) is 2.62. The summed E-state index contributed by atoms with van der Waals surface area (Å²) in [5.41, 5.74) is 0.103. The van der Waals surface area contributed by atoms with Crippen LogP contribution in [0.4, 0.5) is 0 Å². The molecule has 0 aromatic carbocycles. The molecule has 2 N–H and O–H groups in total. The molecule has 1 aliphatic heterocycles. The van der Waals surface area contributed by atoms with Gasteiger partial charge in [0, 0.05) is 49.6 Å². The quantitative estimate of drug-likeness (QED) is 0.320. The number of thiophene rings is 1. The van der Waals surface area contributed by atoms with Gasteiger partial charge < -0.3 is 20.3 Å². The first-order chi connectivity index (χ1) is 12.4. The lowest BCUT2D eigenvalue weighted by molar-refractivity contribution is 0.0532. The van der Waals surface area contributed by atoms with Gasteiger partial charge in [0.1, 0.15) is 0 Å². The number of guanidine groups is 1. The van der Waals surface area contributed by atoms with Crippen molar-refractivity contribution < 1.29 is 4.74 Å². The van der Waals surface area contributed by atoms with E-state index < -0.39 is 0 Å². The van der Waals surface area contributed by atoms with Crippen LogP contribution in [0.25, 0.3) is 0 Å². The van der Waals surface area contributed by atoms with Crippen LogP contribution in [0, 0.1) is 0 Å². The summed E-state index contributed by atoms with van der Waals surface area (Å²) >= 11 is 1.82. The van der Waals surface area contributed by atoms with Gasteiger partial charge in [0.05, 0.1) is 12.7 Å². The van der Waals surface area contributed by atoms with Gasteiger partial charge in [0.25, 0.3) is 0 Å². The van der Waals surface area contributed by atoms with Crippen LogP contribution >= 0.6 is 35.3 Å². The number of hydrogen-bond donors (Lipinski definition) is 2. The van der Waals surface area contributed by atoms with Crippen molar-refractivity contribution in [2.24, 2.45) is 4.99 Å². The molecule has 2 heterocycles. The predicted molar refractivity (Wildman–Crippen MR) is 128 cm³/mol. The minimum atomic E-state index is 0. The number of hydrogen-bond acceptors (Lipinski definition) is 4. The molecule has 27 heavy (non-hydrogen) atoms. The Morgan fingerprint density at radius 1 is 1.37 bits per heavy atom. The van der Waals surface area contributed by atoms with Crippen LogP contribution in [-0.4, -0.2) is 62.8 Å². The van der Waals surface area contributed by atoms with E-state index in [9.17, 15) is 0 Å². The number of ether oxygens (including phenoxy) is 1. The highest BCUT2D eigenvalue weighted by Gasteiger charge is 2.23. The fraction of sp³-hybridized carbons (Fsp3) is 0.750. The number of piperidine rings is 1. The molecule has 1 saturated heterocycles. The minimum absolute atomic E-state index is 0. The average Bonchev–Trinajstić information content (AvgIpc) is 3.15. The summed E-state index contributed by atoms with van der Waals surface area (Å²) in [6, 6.07) is 4.82. The van der Waals surface area contributed by atoms with Gasteiger partial charge in [0.15, 0.2) is 5.96 Å². The van der Waals surface area contributed by atoms with Gasteiger partial charge in [-0.3, -0.25) is 4.99 Å². The number of aliphatic imine (C=N–C) groups is 1. The van der Waals surface area contributed by atoms with Gasteiger partial charge in [-0.25, -0.2) is 0 Å². The van der Waals surface area contributed by atoms with E-state index in [2.05, 4.69) is 65.7 Å². The summed E-state index contributed by atoms with van der Waals surface area (Å²) in [6.45, 7) is 13.7. The number of nitrogens with one attached hydrogen (secondary N) is 2. The second kappa shape index (κ2) is 12.2. The Morgan fingerprint density at radius 3 is 2.63 bits per heavy atom. The molecule has 1 fully saturated rings. The molecule has 0 unspecified atom stereocenters. The van der Waals surface area contributed by atoms with E-state index in [1.807, 2.05) is 18.4 Å². The Bertz CT molecular complexity index is 540. The van der Waals surface area contributed by atoms with Crippen molar-refractivity contribution in [3.05, 3.63) is 22.4 Å². The monoisotopic (exact) mass is 508 g/mol. The third kappa shape index (κ3) is 8.66. The summed E-state index contributed by atoms with van der Waals surface area (Å²) in [7, 11) is 1.85. The van der Waals surface area contributed by atoms with Crippen molar-refractivity contribution in [1.29, 1.82) is 0 Å². The molecule has 0 aliphatic carbocycles. The van der Waals surface area contributed by atoms with Crippen LogP contribution in [0.15, 0.2) is 22.5 Å². The van der Waals surface area contributed by atoms with Crippen LogP contribution in [0.5, 0.6) is 0 Å². The van der Waals surface area contributed by atoms with Gasteiger partial charge in [-0.2, -0.15) is 0 Å².